The Hall–Kier alpha value is -2.86. The molecule has 1 aliphatic rings. The summed E-state index contributed by atoms with van der Waals surface area (Å²) in [7, 11) is 0. The monoisotopic (exact) mass is 364 g/mol. The lowest BCUT2D eigenvalue weighted by atomic mass is 9.63. The third-order valence-electron chi connectivity index (χ3n) is 5.97. The molecule has 140 valence electrons. The van der Waals surface area contributed by atoms with E-state index in [-0.39, 0.29) is 5.41 Å². The van der Waals surface area contributed by atoms with Crippen molar-refractivity contribution in [2.24, 2.45) is 0 Å². The van der Waals surface area contributed by atoms with Gasteiger partial charge in [0.15, 0.2) is 0 Å². The number of aryl methyl sites for hydroxylation is 3. The van der Waals surface area contributed by atoms with Crippen LogP contribution in [0.1, 0.15) is 46.7 Å². The van der Waals surface area contributed by atoms with Crippen LogP contribution in [0, 0.1) is 20.8 Å². The molecule has 0 fully saturated rings. The average Bonchev–Trinajstić information content (AvgIpc) is 3.09. The summed E-state index contributed by atoms with van der Waals surface area (Å²) in [4.78, 5) is 0. The number of hydrogen-bond donors (Lipinski definition) is 0. The number of benzene rings is 3. The van der Waals surface area contributed by atoms with E-state index in [0.29, 0.717) is 0 Å². The van der Waals surface area contributed by atoms with Gasteiger partial charge in [0.1, 0.15) is 0 Å². The molecule has 4 rings (SSSR count). The van der Waals surface area contributed by atoms with Crippen LogP contribution in [0.5, 0.6) is 0 Å². The molecule has 0 unspecified atom stereocenters. The van der Waals surface area contributed by atoms with Crippen LogP contribution < -0.4 is 0 Å². The van der Waals surface area contributed by atoms with Gasteiger partial charge in [0.25, 0.3) is 0 Å². The Morgan fingerprint density at radius 2 is 1.04 bits per heavy atom. The molecule has 0 bridgehead atoms. The Kier molecular flexibility index (Phi) is 4.81. The summed E-state index contributed by atoms with van der Waals surface area (Å²) in [6.07, 6.45) is 5.58. The summed E-state index contributed by atoms with van der Waals surface area (Å²) in [5.41, 5.74) is 10.5. The highest BCUT2D eigenvalue weighted by Gasteiger charge is 2.41. The molecule has 0 spiro atoms. The SMILES string of the molecule is CC1=C(C(c2cccc(C)c2)(c2cccc(C)c2)c2cccc(C)c2)CC=C1. The molecule has 0 atom stereocenters. The summed E-state index contributed by atoms with van der Waals surface area (Å²) in [6.45, 7) is 8.83. The minimum absolute atomic E-state index is 0.280. The van der Waals surface area contributed by atoms with Gasteiger partial charge in [-0.15, -0.1) is 0 Å². The third-order valence-corrected chi connectivity index (χ3v) is 5.97. The van der Waals surface area contributed by atoms with Crippen LogP contribution in [-0.2, 0) is 5.41 Å². The normalized spacial score (nSPS) is 14.0. The topological polar surface area (TPSA) is 0 Å². The smallest absolute Gasteiger partial charge is 0.0670 e. The molecule has 0 heteroatoms. The van der Waals surface area contributed by atoms with E-state index in [2.05, 4.69) is 113 Å². The summed E-state index contributed by atoms with van der Waals surface area (Å²) < 4.78 is 0. The average molecular weight is 365 g/mol. The van der Waals surface area contributed by atoms with Crippen LogP contribution in [0.3, 0.4) is 0 Å². The molecular weight excluding hydrogens is 336 g/mol. The highest BCUT2D eigenvalue weighted by atomic mass is 14.4. The van der Waals surface area contributed by atoms with E-state index >= 15 is 0 Å². The van der Waals surface area contributed by atoms with Gasteiger partial charge in [-0.1, -0.05) is 107 Å². The van der Waals surface area contributed by atoms with E-state index in [1.807, 2.05) is 0 Å². The zero-order chi connectivity index (χ0) is 19.7. The lowest BCUT2D eigenvalue weighted by Gasteiger charge is -2.39. The van der Waals surface area contributed by atoms with E-state index in [1.165, 1.54) is 44.5 Å². The quantitative estimate of drug-likeness (QED) is 0.429. The molecule has 28 heavy (non-hydrogen) atoms. The van der Waals surface area contributed by atoms with Crippen molar-refractivity contribution in [1.29, 1.82) is 0 Å². The second-order valence-corrected chi connectivity index (χ2v) is 8.13. The molecule has 0 N–H and O–H groups in total. The molecule has 0 aromatic heterocycles. The van der Waals surface area contributed by atoms with Gasteiger partial charge in [-0.05, 0) is 56.4 Å². The van der Waals surface area contributed by atoms with E-state index in [0.717, 1.165) is 6.42 Å². The molecule has 0 radical (unpaired) electrons. The number of rotatable bonds is 4. The van der Waals surface area contributed by atoms with Crippen molar-refractivity contribution in [3.05, 3.63) is 129 Å². The van der Waals surface area contributed by atoms with Crippen molar-refractivity contribution in [2.45, 2.75) is 39.5 Å². The van der Waals surface area contributed by atoms with Crippen LogP contribution in [-0.4, -0.2) is 0 Å². The van der Waals surface area contributed by atoms with Crippen molar-refractivity contribution in [3.8, 4) is 0 Å². The Bertz CT molecular complexity index is 968. The van der Waals surface area contributed by atoms with Gasteiger partial charge >= 0.3 is 0 Å². The molecule has 0 aliphatic heterocycles. The van der Waals surface area contributed by atoms with Crippen LogP contribution in [0.4, 0.5) is 0 Å². The molecule has 1 aliphatic carbocycles. The summed E-state index contributed by atoms with van der Waals surface area (Å²) in [5, 5.41) is 0. The summed E-state index contributed by atoms with van der Waals surface area (Å²) in [5.74, 6) is 0. The first kappa shape index (κ1) is 18.5. The van der Waals surface area contributed by atoms with Crippen LogP contribution in [0.2, 0.25) is 0 Å². The maximum atomic E-state index is 2.36. The second-order valence-electron chi connectivity index (χ2n) is 8.13. The zero-order valence-electron chi connectivity index (χ0n) is 17.3. The number of allylic oxidation sites excluding steroid dienone is 4. The lowest BCUT2D eigenvalue weighted by molar-refractivity contribution is 0.702. The highest BCUT2D eigenvalue weighted by Crippen LogP contribution is 2.49. The Labute approximate surface area is 169 Å². The minimum atomic E-state index is -0.280. The van der Waals surface area contributed by atoms with Crippen molar-refractivity contribution in [3.63, 3.8) is 0 Å². The van der Waals surface area contributed by atoms with Crippen LogP contribution in [0.15, 0.2) is 96.1 Å². The maximum Gasteiger partial charge on any atom is 0.0670 e. The van der Waals surface area contributed by atoms with Crippen molar-refractivity contribution in [2.75, 3.05) is 0 Å². The molecule has 0 saturated carbocycles. The Balaban J connectivity index is 2.16. The summed E-state index contributed by atoms with van der Waals surface area (Å²) >= 11 is 0. The van der Waals surface area contributed by atoms with E-state index in [1.54, 1.807) is 0 Å². The molecule has 0 saturated heterocycles. The minimum Gasteiger partial charge on any atom is -0.0801 e. The van der Waals surface area contributed by atoms with Crippen molar-refractivity contribution >= 4 is 0 Å². The fraction of sp³-hybridized carbons (Fsp3) is 0.214. The Morgan fingerprint density at radius 1 is 0.607 bits per heavy atom. The molecule has 0 nitrogen and oxygen atoms in total. The third kappa shape index (κ3) is 3.03. The van der Waals surface area contributed by atoms with Gasteiger partial charge in [-0.2, -0.15) is 0 Å². The highest BCUT2D eigenvalue weighted by molar-refractivity contribution is 5.63. The standard InChI is InChI=1S/C28H28/c1-20-9-5-13-24(17-20)28(27-16-8-12-23(27)4,25-14-6-10-21(2)18-25)26-15-7-11-22(3)19-26/h5-15,17-19H,16H2,1-4H3. The number of hydrogen-bond acceptors (Lipinski definition) is 0. The first-order chi connectivity index (χ1) is 13.5. The van der Waals surface area contributed by atoms with Crippen molar-refractivity contribution < 1.29 is 0 Å². The molecule has 0 amide bonds. The Morgan fingerprint density at radius 3 is 1.36 bits per heavy atom. The van der Waals surface area contributed by atoms with Crippen LogP contribution >= 0.6 is 0 Å². The van der Waals surface area contributed by atoms with Gasteiger partial charge in [0.05, 0.1) is 5.41 Å². The molecule has 3 aromatic carbocycles. The van der Waals surface area contributed by atoms with Crippen LogP contribution in [0.25, 0.3) is 0 Å². The molecule has 0 heterocycles. The molecular formula is C28H28. The zero-order valence-corrected chi connectivity index (χ0v) is 17.3. The van der Waals surface area contributed by atoms with Gasteiger partial charge in [0, 0.05) is 0 Å². The molecule has 3 aromatic rings. The first-order valence-corrected chi connectivity index (χ1v) is 10.1. The van der Waals surface area contributed by atoms with E-state index in [4.69, 9.17) is 0 Å². The van der Waals surface area contributed by atoms with Gasteiger partial charge in [-0.25, -0.2) is 0 Å². The van der Waals surface area contributed by atoms with E-state index in [9.17, 15) is 0 Å². The lowest BCUT2D eigenvalue weighted by Crippen LogP contribution is -2.32. The maximum absolute atomic E-state index is 2.36. The first-order valence-electron chi connectivity index (χ1n) is 10.1. The predicted octanol–water partition coefficient (Wildman–Crippen LogP) is 7.22. The van der Waals surface area contributed by atoms with Gasteiger partial charge < -0.3 is 0 Å². The largest absolute Gasteiger partial charge is 0.0801 e. The van der Waals surface area contributed by atoms with Gasteiger partial charge in [0.2, 0.25) is 0 Å². The van der Waals surface area contributed by atoms with Gasteiger partial charge in [-0.3, -0.25) is 0 Å². The van der Waals surface area contributed by atoms with E-state index < -0.39 is 0 Å². The fourth-order valence-electron chi connectivity index (χ4n) is 4.72. The fourth-order valence-corrected chi connectivity index (χ4v) is 4.72. The van der Waals surface area contributed by atoms with Crippen molar-refractivity contribution in [1.82, 2.24) is 0 Å². The second kappa shape index (κ2) is 7.28. The predicted molar refractivity (Wildman–Crippen MR) is 120 cm³/mol. The summed E-state index contributed by atoms with van der Waals surface area (Å²) in [6, 6.07) is 27.2.